The van der Waals surface area contributed by atoms with Gasteiger partial charge < -0.3 is 14.5 Å². The molecule has 1 N–H and O–H groups in total. The molecule has 8 heteroatoms. The second kappa shape index (κ2) is 5.99. The number of methoxy groups -OCH3 is 2. The van der Waals surface area contributed by atoms with E-state index in [0.29, 0.717) is 28.0 Å². The van der Waals surface area contributed by atoms with Gasteiger partial charge >= 0.3 is 11.7 Å². The SMILES string of the molecule is COC(=O)c1cccc2[nH]c(=O)n3nc(-c4ccc(OC)cc4)nc3c12. The van der Waals surface area contributed by atoms with Crippen LogP contribution in [0.3, 0.4) is 0 Å². The molecule has 4 aromatic rings. The molecule has 2 heterocycles. The van der Waals surface area contributed by atoms with E-state index in [1.54, 1.807) is 49.6 Å². The minimum Gasteiger partial charge on any atom is -0.497 e. The quantitative estimate of drug-likeness (QED) is 0.568. The Hall–Kier alpha value is -3.68. The lowest BCUT2D eigenvalue weighted by atomic mass is 10.1. The zero-order valence-electron chi connectivity index (χ0n) is 14.0. The van der Waals surface area contributed by atoms with Gasteiger partial charge in [-0.15, -0.1) is 5.10 Å². The van der Waals surface area contributed by atoms with Gasteiger partial charge in [0, 0.05) is 5.56 Å². The number of rotatable bonds is 3. The zero-order chi connectivity index (χ0) is 18.3. The van der Waals surface area contributed by atoms with Crippen LogP contribution in [0.15, 0.2) is 47.3 Å². The number of esters is 1. The Morgan fingerprint density at radius 1 is 1.12 bits per heavy atom. The summed E-state index contributed by atoms with van der Waals surface area (Å²) in [6.07, 6.45) is 0. The predicted molar refractivity (Wildman–Crippen MR) is 94.4 cm³/mol. The molecule has 0 aliphatic heterocycles. The standard InChI is InChI=1S/C18H14N4O4/c1-25-11-8-6-10(7-9-11)15-20-16-14-12(17(23)26-2)4-3-5-13(14)19-18(24)22(16)21-15/h3-9H,1-2H3,(H,19,24). The maximum absolute atomic E-state index is 12.4. The van der Waals surface area contributed by atoms with E-state index >= 15 is 0 Å². The van der Waals surface area contributed by atoms with Crippen molar-refractivity contribution in [3.63, 3.8) is 0 Å². The van der Waals surface area contributed by atoms with Crippen molar-refractivity contribution in [1.29, 1.82) is 0 Å². The van der Waals surface area contributed by atoms with Gasteiger partial charge in [0.15, 0.2) is 11.5 Å². The van der Waals surface area contributed by atoms with Crippen LogP contribution in [-0.4, -0.2) is 39.8 Å². The number of benzene rings is 2. The third-order valence-electron chi connectivity index (χ3n) is 4.08. The van der Waals surface area contributed by atoms with E-state index in [-0.39, 0.29) is 5.65 Å². The van der Waals surface area contributed by atoms with E-state index in [4.69, 9.17) is 9.47 Å². The van der Waals surface area contributed by atoms with Crippen molar-refractivity contribution in [2.45, 2.75) is 0 Å². The van der Waals surface area contributed by atoms with Gasteiger partial charge in [-0.2, -0.15) is 4.52 Å². The first-order valence-corrected chi connectivity index (χ1v) is 7.77. The predicted octanol–water partition coefficient (Wildman–Crippen LogP) is 2.03. The Morgan fingerprint density at radius 2 is 1.88 bits per heavy atom. The number of nitrogens with zero attached hydrogens (tertiary/aromatic N) is 3. The number of hydrogen-bond donors (Lipinski definition) is 1. The number of H-pyrrole nitrogens is 1. The summed E-state index contributed by atoms with van der Waals surface area (Å²) in [6.45, 7) is 0. The normalized spacial score (nSPS) is 11.0. The van der Waals surface area contributed by atoms with Gasteiger partial charge in [-0.05, 0) is 36.4 Å². The molecular formula is C18H14N4O4. The first-order chi connectivity index (χ1) is 12.6. The van der Waals surface area contributed by atoms with E-state index in [2.05, 4.69) is 15.1 Å². The first-order valence-electron chi connectivity index (χ1n) is 7.77. The maximum atomic E-state index is 12.4. The van der Waals surface area contributed by atoms with E-state index in [0.717, 1.165) is 10.1 Å². The maximum Gasteiger partial charge on any atom is 0.348 e. The summed E-state index contributed by atoms with van der Waals surface area (Å²) >= 11 is 0. The highest BCUT2D eigenvalue weighted by atomic mass is 16.5. The average molecular weight is 350 g/mol. The molecule has 130 valence electrons. The Balaban J connectivity index is 2.02. The summed E-state index contributed by atoms with van der Waals surface area (Å²) < 4.78 is 11.1. The summed E-state index contributed by atoms with van der Waals surface area (Å²) in [6, 6.07) is 12.1. The van der Waals surface area contributed by atoms with Crippen molar-refractivity contribution in [1.82, 2.24) is 19.6 Å². The molecule has 0 bridgehead atoms. The van der Waals surface area contributed by atoms with E-state index in [9.17, 15) is 9.59 Å². The topological polar surface area (TPSA) is 98.6 Å². The van der Waals surface area contributed by atoms with Crippen molar-refractivity contribution >= 4 is 22.5 Å². The van der Waals surface area contributed by atoms with Crippen LogP contribution >= 0.6 is 0 Å². The van der Waals surface area contributed by atoms with Crippen LogP contribution in [0.2, 0.25) is 0 Å². The lowest BCUT2D eigenvalue weighted by molar-refractivity contribution is 0.0603. The Bertz CT molecular complexity index is 1190. The number of aromatic nitrogens is 4. The van der Waals surface area contributed by atoms with Gasteiger partial charge in [0.1, 0.15) is 5.75 Å². The number of carbonyl (C=O) groups is 1. The Kier molecular flexibility index (Phi) is 3.65. The second-order valence-corrected chi connectivity index (χ2v) is 5.55. The van der Waals surface area contributed by atoms with Crippen molar-refractivity contribution in [2.24, 2.45) is 0 Å². The van der Waals surface area contributed by atoms with Gasteiger partial charge in [0.25, 0.3) is 0 Å². The third-order valence-corrected chi connectivity index (χ3v) is 4.08. The Labute approximate surface area is 147 Å². The van der Waals surface area contributed by atoms with Crippen LogP contribution in [0.1, 0.15) is 10.4 Å². The lowest BCUT2D eigenvalue weighted by Crippen LogP contribution is -2.18. The summed E-state index contributed by atoms with van der Waals surface area (Å²) in [5.74, 6) is 0.553. The molecule has 0 saturated heterocycles. The summed E-state index contributed by atoms with van der Waals surface area (Å²) in [4.78, 5) is 31.7. The van der Waals surface area contributed by atoms with E-state index < -0.39 is 11.7 Å². The van der Waals surface area contributed by atoms with Gasteiger partial charge in [-0.1, -0.05) is 6.07 Å². The molecule has 2 aromatic carbocycles. The number of aromatic amines is 1. The fourth-order valence-corrected chi connectivity index (χ4v) is 2.82. The largest absolute Gasteiger partial charge is 0.497 e. The first kappa shape index (κ1) is 15.8. The van der Waals surface area contributed by atoms with Crippen LogP contribution in [0.25, 0.3) is 27.9 Å². The molecule has 0 aliphatic carbocycles. The summed E-state index contributed by atoms with van der Waals surface area (Å²) in [7, 11) is 2.88. The van der Waals surface area contributed by atoms with E-state index in [1.165, 1.54) is 7.11 Å². The number of fused-ring (bicyclic) bond motifs is 3. The highest BCUT2D eigenvalue weighted by molar-refractivity contribution is 6.08. The Morgan fingerprint density at radius 3 is 2.58 bits per heavy atom. The molecule has 0 spiro atoms. The summed E-state index contributed by atoms with van der Waals surface area (Å²) in [5.41, 5.74) is 1.36. The van der Waals surface area contributed by atoms with Gasteiger partial charge in [-0.3, -0.25) is 0 Å². The minimum absolute atomic E-state index is 0.288. The van der Waals surface area contributed by atoms with Crippen molar-refractivity contribution in [3.8, 4) is 17.1 Å². The molecule has 26 heavy (non-hydrogen) atoms. The van der Waals surface area contributed by atoms with Gasteiger partial charge in [-0.25, -0.2) is 14.6 Å². The smallest absolute Gasteiger partial charge is 0.348 e. The average Bonchev–Trinajstić information content (AvgIpc) is 3.13. The van der Waals surface area contributed by atoms with Crippen molar-refractivity contribution in [3.05, 3.63) is 58.5 Å². The van der Waals surface area contributed by atoms with Crippen molar-refractivity contribution < 1.29 is 14.3 Å². The highest BCUT2D eigenvalue weighted by Gasteiger charge is 2.18. The van der Waals surface area contributed by atoms with Crippen LogP contribution in [0.5, 0.6) is 5.75 Å². The highest BCUT2D eigenvalue weighted by Crippen LogP contribution is 2.24. The fraction of sp³-hybridized carbons (Fsp3) is 0.111. The molecule has 0 radical (unpaired) electrons. The molecule has 0 fully saturated rings. The van der Waals surface area contributed by atoms with Gasteiger partial charge in [0.05, 0.1) is 30.7 Å². The molecule has 0 aliphatic rings. The number of hydrogen-bond acceptors (Lipinski definition) is 6. The number of nitrogens with one attached hydrogen (secondary N) is 1. The van der Waals surface area contributed by atoms with Crippen LogP contribution in [0, 0.1) is 0 Å². The second-order valence-electron chi connectivity index (χ2n) is 5.55. The minimum atomic E-state index is -0.515. The molecule has 4 rings (SSSR count). The van der Waals surface area contributed by atoms with E-state index in [1.807, 2.05) is 0 Å². The number of ether oxygens (including phenoxy) is 2. The van der Waals surface area contributed by atoms with Crippen LogP contribution in [0.4, 0.5) is 0 Å². The molecule has 0 atom stereocenters. The van der Waals surface area contributed by atoms with Crippen LogP contribution < -0.4 is 10.4 Å². The zero-order valence-corrected chi connectivity index (χ0v) is 14.0. The lowest BCUT2D eigenvalue weighted by Gasteiger charge is -2.05. The van der Waals surface area contributed by atoms with Crippen LogP contribution in [-0.2, 0) is 4.74 Å². The fourth-order valence-electron chi connectivity index (χ4n) is 2.82. The molecule has 0 saturated carbocycles. The molecule has 0 unspecified atom stereocenters. The summed E-state index contributed by atoms with van der Waals surface area (Å²) in [5, 5.41) is 4.76. The number of carbonyl (C=O) groups excluding carboxylic acids is 1. The molecule has 0 amide bonds. The monoisotopic (exact) mass is 350 g/mol. The van der Waals surface area contributed by atoms with Gasteiger partial charge in [0.2, 0.25) is 0 Å². The molecule has 8 nitrogen and oxygen atoms in total. The molecular weight excluding hydrogens is 336 g/mol. The van der Waals surface area contributed by atoms with Crippen molar-refractivity contribution in [2.75, 3.05) is 14.2 Å². The third kappa shape index (κ3) is 2.39. The molecule has 2 aromatic heterocycles.